The number of hydrogen-bond donors (Lipinski definition) is 1. The minimum Gasteiger partial charge on any atom is -0.336 e. The fourth-order valence-corrected chi connectivity index (χ4v) is 2.91. The Morgan fingerprint density at radius 2 is 1.93 bits per heavy atom. The van der Waals surface area contributed by atoms with Crippen LogP contribution in [0.1, 0.15) is 12.0 Å². The van der Waals surface area contributed by atoms with Crippen molar-refractivity contribution in [3.05, 3.63) is 77.6 Å². The third-order valence-corrected chi connectivity index (χ3v) is 4.43. The van der Waals surface area contributed by atoms with E-state index >= 15 is 0 Å². The number of anilines is 1. The third kappa shape index (κ3) is 5.44. The van der Waals surface area contributed by atoms with Crippen LogP contribution < -0.4 is 5.32 Å². The van der Waals surface area contributed by atoms with Gasteiger partial charge in [0.05, 0.1) is 18.4 Å². The largest absolute Gasteiger partial charge is 0.336 e. The molecular weight excluding hydrogens is 376 g/mol. The van der Waals surface area contributed by atoms with Crippen molar-refractivity contribution < 1.29 is 9.59 Å². The van der Waals surface area contributed by atoms with Gasteiger partial charge in [-0.15, -0.1) is 0 Å². The van der Waals surface area contributed by atoms with Gasteiger partial charge in [-0.2, -0.15) is 5.10 Å². The summed E-state index contributed by atoms with van der Waals surface area (Å²) < 4.78 is 1.78. The predicted octanol–water partition coefficient (Wildman–Crippen LogP) is 3.56. The molecule has 1 heterocycles. The molecule has 2 aromatic carbocycles. The van der Waals surface area contributed by atoms with Gasteiger partial charge in [0.25, 0.3) is 0 Å². The zero-order chi connectivity index (χ0) is 19.9. The van der Waals surface area contributed by atoms with Crippen LogP contribution >= 0.6 is 11.6 Å². The fourth-order valence-electron chi connectivity index (χ4n) is 2.72. The average Bonchev–Trinajstić information content (AvgIpc) is 3.15. The molecule has 1 aromatic heterocycles. The minimum absolute atomic E-state index is 0.0192. The molecule has 0 spiro atoms. The second-order valence-electron chi connectivity index (χ2n) is 6.44. The zero-order valence-corrected chi connectivity index (χ0v) is 16.3. The second-order valence-corrected chi connectivity index (χ2v) is 6.87. The molecule has 3 aromatic rings. The maximum atomic E-state index is 12.3. The van der Waals surface area contributed by atoms with Crippen molar-refractivity contribution in [3.63, 3.8) is 0 Å². The maximum absolute atomic E-state index is 12.3. The van der Waals surface area contributed by atoms with E-state index in [0.29, 0.717) is 23.6 Å². The molecule has 6 nitrogen and oxygen atoms in total. The van der Waals surface area contributed by atoms with Crippen LogP contribution in [-0.2, 0) is 16.0 Å². The number of likely N-dealkylation sites (N-methyl/N-ethyl adjacent to an activating group) is 1. The van der Waals surface area contributed by atoms with Gasteiger partial charge in [0.1, 0.15) is 0 Å². The number of rotatable bonds is 7. The van der Waals surface area contributed by atoms with Gasteiger partial charge in [-0.05, 0) is 42.3 Å². The van der Waals surface area contributed by atoms with E-state index in [1.807, 2.05) is 36.5 Å². The number of carbonyl (C=O) groups excluding carboxylic acids is 2. The molecule has 28 heavy (non-hydrogen) atoms. The topological polar surface area (TPSA) is 67.2 Å². The quantitative estimate of drug-likeness (QED) is 0.664. The number of aromatic nitrogens is 2. The molecular formula is C21H21ClN4O2. The molecule has 0 aliphatic carbocycles. The Kier molecular flexibility index (Phi) is 6.45. The number of carbonyl (C=O) groups is 2. The molecule has 2 amide bonds. The van der Waals surface area contributed by atoms with Crippen molar-refractivity contribution in [2.75, 3.05) is 18.9 Å². The summed E-state index contributed by atoms with van der Waals surface area (Å²) in [6, 6.07) is 16.7. The standard InChI is InChI=1S/C21H21ClN4O2/c1-25(15-20(27)24-18-7-5-6-17(22)12-18)21(28)11-10-16-13-23-26(14-16)19-8-3-2-4-9-19/h2-9,12-14H,10-11,15H2,1H3,(H,24,27). The molecule has 0 radical (unpaired) electrons. The van der Waals surface area contributed by atoms with Crippen molar-refractivity contribution >= 4 is 29.1 Å². The summed E-state index contributed by atoms with van der Waals surface area (Å²) in [4.78, 5) is 25.9. The first-order chi connectivity index (χ1) is 13.5. The highest BCUT2D eigenvalue weighted by Gasteiger charge is 2.14. The van der Waals surface area contributed by atoms with E-state index < -0.39 is 0 Å². The van der Waals surface area contributed by atoms with Crippen LogP contribution in [0.3, 0.4) is 0 Å². The van der Waals surface area contributed by atoms with Crippen LogP contribution in [0.5, 0.6) is 0 Å². The fraction of sp³-hybridized carbons (Fsp3) is 0.190. The first kappa shape index (κ1) is 19.6. The van der Waals surface area contributed by atoms with E-state index in [2.05, 4.69) is 10.4 Å². The summed E-state index contributed by atoms with van der Waals surface area (Å²) >= 11 is 5.90. The van der Waals surface area contributed by atoms with Gasteiger partial charge in [-0.25, -0.2) is 4.68 Å². The van der Waals surface area contributed by atoms with Gasteiger partial charge < -0.3 is 10.2 Å². The number of para-hydroxylation sites is 1. The number of hydrogen-bond acceptors (Lipinski definition) is 3. The molecule has 0 unspecified atom stereocenters. The number of amides is 2. The van der Waals surface area contributed by atoms with Gasteiger partial charge >= 0.3 is 0 Å². The van der Waals surface area contributed by atoms with Crippen molar-refractivity contribution in [1.82, 2.24) is 14.7 Å². The van der Waals surface area contributed by atoms with E-state index in [-0.39, 0.29) is 18.4 Å². The number of nitrogens with one attached hydrogen (secondary N) is 1. The summed E-state index contributed by atoms with van der Waals surface area (Å²) in [5, 5.41) is 7.60. The molecule has 1 N–H and O–H groups in total. The van der Waals surface area contributed by atoms with Crippen LogP contribution in [0.4, 0.5) is 5.69 Å². The molecule has 3 rings (SSSR count). The highest BCUT2D eigenvalue weighted by atomic mass is 35.5. The Morgan fingerprint density at radius 3 is 2.68 bits per heavy atom. The lowest BCUT2D eigenvalue weighted by Crippen LogP contribution is -2.35. The number of nitrogens with zero attached hydrogens (tertiary/aromatic N) is 3. The number of aryl methyl sites for hydroxylation is 1. The smallest absolute Gasteiger partial charge is 0.243 e. The van der Waals surface area contributed by atoms with Gasteiger partial charge in [-0.1, -0.05) is 35.9 Å². The van der Waals surface area contributed by atoms with Crippen molar-refractivity contribution in [1.29, 1.82) is 0 Å². The van der Waals surface area contributed by atoms with Crippen molar-refractivity contribution in [3.8, 4) is 5.69 Å². The van der Waals surface area contributed by atoms with E-state index in [9.17, 15) is 9.59 Å². The predicted molar refractivity (Wildman–Crippen MR) is 110 cm³/mol. The second kappa shape index (κ2) is 9.19. The average molecular weight is 397 g/mol. The molecule has 7 heteroatoms. The first-order valence-electron chi connectivity index (χ1n) is 8.89. The van der Waals surface area contributed by atoms with Crippen LogP contribution in [0.25, 0.3) is 5.69 Å². The normalized spacial score (nSPS) is 10.5. The van der Waals surface area contributed by atoms with Gasteiger partial charge in [0.2, 0.25) is 11.8 Å². The first-order valence-corrected chi connectivity index (χ1v) is 9.27. The van der Waals surface area contributed by atoms with Crippen molar-refractivity contribution in [2.45, 2.75) is 12.8 Å². The SMILES string of the molecule is CN(CC(=O)Nc1cccc(Cl)c1)C(=O)CCc1cnn(-c2ccccc2)c1. The summed E-state index contributed by atoms with van der Waals surface area (Å²) in [5.41, 5.74) is 2.54. The van der Waals surface area contributed by atoms with Gasteiger partial charge in [-0.3, -0.25) is 9.59 Å². The lowest BCUT2D eigenvalue weighted by Gasteiger charge is -2.16. The highest BCUT2D eigenvalue weighted by Crippen LogP contribution is 2.15. The highest BCUT2D eigenvalue weighted by molar-refractivity contribution is 6.30. The summed E-state index contributed by atoms with van der Waals surface area (Å²) in [5.74, 6) is -0.372. The van der Waals surface area contributed by atoms with Crippen LogP contribution in [0, 0.1) is 0 Å². The lowest BCUT2D eigenvalue weighted by molar-refractivity contribution is -0.133. The molecule has 0 saturated carbocycles. The zero-order valence-electron chi connectivity index (χ0n) is 15.5. The van der Waals surface area contributed by atoms with E-state index in [1.165, 1.54) is 4.90 Å². The van der Waals surface area contributed by atoms with Gasteiger partial charge in [0.15, 0.2) is 0 Å². The Morgan fingerprint density at radius 1 is 1.14 bits per heavy atom. The van der Waals surface area contributed by atoms with Gasteiger partial charge in [0, 0.05) is 30.4 Å². The van der Waals surface area contributed by atoms with Crippen LogP contribution in [-0.4, -0.2) is 40.1 Å². The maximum Gasteiger partial charge on any atom is 0.243 e. The summed E-state index contributed by atoms with van der Waals surface area (Å²) in [6.45, 7) is -0.0192. The van der Waals surface area contributed by atoms with Crippen LogP contribution in [0.15, 0.2) is 67.0 Å². The van der Waals surface area contributed by atoms with E-state index in [0.717, 1.165) is 11.3 Å². The monoisotopic (exact) mass is 396 g/mol. The van der Waals surface area contributed by atoms with Crippen molar-refractivity contribution in [2.24, 2.45) is 0 Å². The Labute approximate surface area is 168 Å². The Bertz CT molecular complexity index is 956. The molecule has 144 valence electrons. The lowest BCUT2D eigenvalue weighted by atomic mass is 10.2. The Balaban J connectivity index is 1.48. The molecule has 0 atom stereocenters. The number of halogens is 1. The molecule has 0 fully saturated rings. The molecule has 0 aliphatic heterocycles. The third-order valence-electron chi connectivity index (χ3n) is 4.20. The molecule has 0 saturated heterocycles. The van der Waals surface area contributed by atoms with Crippen LogP contribution in [0.2, 0.25) is 5.02 Å². The molecule has 0 bridgehead atoms. The molecule has 0 aliphatic rings. The Hall–Kier alpha value is -3.12. The summed E-state index contributed by atoms with van der Waals surface area (Å²) in [6.07, 6.45) is 4.54. The summed E-state index contributed by atoms with van der Waals surface area (Å²) in [7, 11) is 1.62. The number of benzene rings is 2. The minimum atomic E-state index is -0.269. The van der Waals surface area contributed by atoms with E-state index in [4.69, 9.17) is 11.6 Å². The van der Waals surface area contributed by atoms with E-state index in [1.54, 1.807) is 42.2 Å².